The molecule has 0 saturated carbocycles. The predicted octanol–water partition coefficient (Wildman–Crippen LogP) is 3.77. The highest BCUT2D eigenvalue weighted by atomic mass is 16.5. The number of amides is 1. The van der Waals surface area contributed by atoms with E-state index in [1.165, 1.54) is 0 Å². The molecular formula is C20H22N2O2. The van der Waals surface area contributed by atoms with E-state index in [9.17, 15) is 4.79 Å². The van der Waals surface area contributed by atoms with E-state index in [0.717, 1.165) is 27.8 Å². The van der Waals surface area contributed by atoms with Crippen LogP contribution in [0, 0.1) is 0 Å². The first-order valence-corrected chi connectivity index (χ1v) is 8.17. The van der Waals surface area contributed by atoms with Crippen molar-refractivity contribution in [3.8, 4) is 5.75 Å². The number of H-pyrrole nitrogens is 1. The smallest absolute Gasteiger partial charge is 0.227 e. The summed E-state index contributed by atoms with van der Waals surface area (Å²) in [6, 6.07) is 15.9. The molecule has 0 aliphatic heterocycles. The molecule has 0 bridgehead atoms. The van der Waals surface area contributed by atoms with Crippen molar-refractivity contribution in [1.29, 1.82) is 0 Å². The van der Waals surface area contributed by atoms with Crippen LogP contribution in [0.25, 0.3) is 10.9 Å². The van der Waals surface area contributed by atoms with Crippen molar-refractivity contribution in [2.75, 3.05) is 13.7 Å². The fraction of sp³-hybridized carbons (Fsp3) is 0.250. The second-order valence-electron chi connectivity index (χ2n) is 5.80. The average Bonchev–Trinajstić information content (AvgIpc) is 3.02. The maximum absolute atomic E-state index is 12.7. The lowest BCUT2D eigenvalue weighted by molar-refractivity contribution is -0.130. The van der Waals surface area contributed by atoms with E-state index < -0.39 is 0 Å². The molecule has 0 fully saturated rings. The summed E-state index contributed by atoms with van der Waals surface area (Å²) in [6.45, 7) is 3.35. The van der Waals surface area contributed by atoms with Crippen LogP contribution in [0.1, 0.15) is 18.1 Å². The van der Waals surface area contributed by atoms with Crippen LogP contribution >= 0.6 is 0 Å². The third kappa shape index (κ3) is 3.43. The zero-order valence-electron chi connectivity index (χ0n) is 14.1. The molecule has 0 saturated heterocycles. The number of hydrogen-bond acceptors (Lipinski definition) is 2. The second-order valence-corrected chi connectivity index (χ2v) is 5.80. The van der Waals surface area contributed by atoms with Gasteiger partial charge in [0, 0.05) is 30.2 Å². The molecule has 2 aromatic carbocycles. The molecule has 0 spiro atoms. The number of likely N-dealkylation sites (N-methyl/N-ethyl adjacent to an activating group) is 1. The minimum absolute atomic E-state index is 0.130. The van der Waals surface area contributed by atoms with Crippen LogP contribution in [0.4, 0.5) is 0 Å². The Morgan fingerprint density at radius 2 is 1.96 bits per heavy atom. The molecule has 1 aromatic heterocycles. The molecule has 0 aliphatic carbocycles. The third-order valence-electron chi connectivity index (χ3n) is 4.27. The van der Waals surface area contributed by atoms with Crippen molar-refractivity contribution < 1.29 is 9.53 Å². The number of benzene rings is 2. The van der Waals surface area contributed by atoms with Gasteiger partial charge in [-0.15, -0.1) is 0 Å². The van der Waals surface area contributed by atoms with Crippen molar-refractivity contribution >= 4 is 16.8 Å². The molecule has 4 nitrogen and oxygen atoms in total. The summed E-state index contributed by atoms with van der Waals surface area (Å²) in [4.78, 5) is 17.8. The molecule has 1 amide bonds. The standard InChI is InChI=1S/C20H22N2O2/c1-3-22(14-15-7-5-4-6-8-15)20(23)11-16-13-21-19-10-9-17(24-2)12-18(16)19/h4-10,12-13,21H,3,11,14H2,1-2H3. The van der Waals surface area contributed by atoms with Crippen molar-refractivity contribution in [1.82, 2.24) is 9.88 Å². The highest BCUT2D eigenvalue weighted by Gasteiger charge is 2.15. The van der Waals surface area contributed by atoms with Crippen molar-refractivity contribution in [2.24, 2.45) is 0 Å². The van der Waals surface area contributed by atoms with E-state index in [1.807, 2.05) is 66.6 Å². The number of hydrogen-bond donors (Lipinski definition) is 1. The molecule has 1 heterocycles. The van der Waals surface area contributed by atoms with Gasteiger partial charge in [0.1, 0.15) is 5.75 Å². The lowest BCUT2D eigenvalue weighted by Crippen LogP contribution is -2.31. The number of carbonyl (C=O) groups is 1. The summed E-state index contributed by atoms with van der Waals surface area (Å²) >= 11 is 0. The first-order chi connectivity index (χ1) is 11.7. The zero-order chi connectivity index (χ0) is 16.9. The van der Waals surface area contributed by atoms with Crippen LogP contribution in [0.3, 0.4) is 0 Å². The third-order valence-corrected chi connectivity index (χ3v) is 4.27. The van der Waals surface area contributed by atoms with Gasteiger partial charge < -0.3 is 14.6 Å². The molecular weight excluding hydrogens is 300 g/mol. The predicted molar refractivity (Wildman–Crippen MR) is 96.1 cm³/mol. The number of carbonyl (C=O) groups excluding carboxylic acids is 1. The SMILES string of the molecule is CCN(Cc1ccccc1)C(=O)Cc1c[nH]c2ccc(OC)cc12. The Kier molecular flexibility index (Phi) is 4.85. The second kappa shape index (κ2) is 7.21. The quantitative estimate of drug-likeness (QED) is 0.751. The van der Waals surface area contributed by atoms with E-state index in [2.05, 4.69) is 4.98 Å². The van der Waals surface area contributed by atoms with Crippen molar-refractivity contribution in [2.45, 2.75) is 19.9 Å². The van der Waals surface area contributed by atoms with Gasteiger partial charge in [-0.2, -0.15) is 0 Å². The number of rotatable bonds is 6. The van der Waals surface area contributed by atoms with Crippen LogP contribution in [0.5, 0.6) is 5.75 Å². The van der Waals surface area contributed by atoms with Gasteiger partial charge in [0.15, 0.2) is 0 Å². The molecule has 3 aromatic rings. The van der Waals surface area contributed by atoms with Gasteiger partial charge >= 0.3 is 0 Å². The molecule has 0 unspecified atom stereocenters. The minimum atomic E-state index is 0.130. The van der Waals surface area contributed by atoms with E-state index in [1.54, 1.807) is 7.11 Å². The maximum Gasteiger partial charge on any atom is 0.227 e. The van der Waals surface area contributed by atoms with Gasteiger partial charge in [0.25, 0.3) is 0 Å². The lowest BCUT2D eigenvalue weighted by atomic mass is 10.1. The molecule has 1 N–H and O–H groups in total. The first kappa shape index (κ1) is 16.1. The highest BCUT2D eigenvalue weighted by Crippen LogP contribution is 2.24. The van der Waals surface area contributed by atoms with E-state index in [4.69, 9.17) is 4.74 Å². The summed E-state index contributed by atoms with van der Waals surface area (Å²) in [5.74, 6) is 0.928. The summed E-state index contributed by atoms with van der Waals surface area (Å²) < 4.78 is 5.29. The summed E-state index contributed by atoms with van der Waals surface area (Å²) in [6.07, 6.45) is 2.30. The van der Waals surface area contributed by atoms with Crippen LogP contribution in [-0.4, -0.2) is 29.4 Å². The van der Waals surface area contributed by atoms with E-state index >= 15 is 0 Å². The van der Waals surface area contributed by atoms with Gasteiger partial charge in [0.05, 0.1) is 13.5 Å². The Morgan fingerprint density at radius 3 is 2.67 bits per heavy atom. The van der Waals surface area contributed by atoms with Gasteiger partial charge in [-0.25, -0.2) is 0 Å². The van der Waals surface area contributed by atoms with E-state index in [0.29, 0.717) is 19.5 Å². The molecule has 24 heavy (non-hydrogen) atoms. The first-order valence-electron chi connectivity index (χ1n) is 8.17. The molecule has 4 heteroatoms. The zero-order valence-corrected chi connectivity index (χ0v) is 14.1. The number of ether oxygens (including phenoxy) is 1. The minimum Gasteiger partial charge on any atom is -0.497 e. The molecule has 0 atom stereocenters. The monoisotopic (exact) mass is 322 g/mol. The number of fused-ring (bicyclic) bond motifs is 1. The number of nitrogens with zero attached hydrogens (tertiary/aromatic N) is 1. The normalized spacial score (nSPS) is 10.8. The largest absolute Gasteiger partial charge is 0.497 e. The fourth-order valence-corrected chi connectivity index (χ4v) is 2.89. The average molecular weight is 322 g/mol. The molecule has 0 aliphatic rings. The van der Waals surface area contributed by atoms with Crippen LogP contribution in [0.2, 0.25) is 0 Å². The molecule has 124 valence electrons. The van der Waals surface area contributed by atoms with Crippen molar-refractivity contribution in [3.05, 3.63) is 65.9 Å². The fourth-order valence-electron chi connectivity index (χ4n) is 2.89. The topological polar surface area (TPSA) is 45.3 Å². The molecule has 0 radical (unpaired) electrons. The number of methoxy groups -OCH3 is 1. The van der Waals surface area contributed by atoms with Gasteiger partial charge in [0.2, 0.25) is 5.91 Å². The van der Waals surface area contributed by atoms with Gasteiger partial charge in [-0.3, -0.25) is 4.79 Å². The van der Waals surface area contributed by atoms with Crippen LogP contribution in [0.15, 0.2) is 54.7 Å². The maximum atomic E-state index is 12.7. The summed E-state index contributed by atoms with van der Waals surface area (Å²) in [5, 5.41) is 1.04. The van der Waals surface area contributed by atoms with Crippen LogP contribution in [-0.2, 0) is 17.8 Å². The van der Waals surface area contributed by atoms with Crippen molar-refractivity contribution in [3.63, 3.8) is 0 Å². The van der Waals surface area contributed by atoms with E-state index in [-0.39, 0.29) is 5.91 Å². The number of aromatic nitrogens is 1. The highest BCUT2D eigenvalue weighted by molar-refractivity contribution is 5.89. The Balaban J connectivity index is 1.78. The Bertz CT molecular complexity index is 824. The van der Waals surface area contributed by atoms with Gasteiger partial charge in [-0.05, 0) is 36.2 Å². The number of nitrogens with one attached hydrogen (secondary N) is 1. The lowest BCUT2D eigenvalue weighted by Gasteiger charge is -2.21. The van der Waals surface area contributed by atoms with Crippen LogP contribution < -0.4 is 4.74 Å². The summed E-state index contributed by atoms with van der Waals surface area (Å²) in [7, 11) is 1.65. The number of aromatic amines is 1. The Hall–Kier alpha value is -2.75. The Labute approximate surface area is 142 Å². The summed E-state index contributed by atoms with van der Waals surface area (Å²) in [5.41, 5.74) is 3.17. The van der Waals surface area contributed by atoms with Gasteiger partial charge in [-0.1, -0.05) is 30.3 Å². The molecule has 3 rings (SSSR count). The Morgan fingerprint density at radius 1 is 1.17 bits per heavy atom.